The molecular formula is C16H16FNOS. The number of halogens is 1. The van der Waals surface area contributed by atoms with E-state index in [0.29, 0.717) is 5.75 Å². The van der Waals surface area contributed by atoms with Gasteiger partial charge in [0.15, 0.2) is 0 Å². The summed E-state index contributed by atoms with van der Waals surface area (Å²) in [5.41, 5.74) is 1.82. The first kappa shape index (κ1) is 14.5. The molecule has 0 aromatic heterocycles. The van der Waals surface area contributed by atoms with Gasteiger partial charge in [-0.3, -0.25) is 0 Å². The number of ether oxygens (including phenoxy) is 1. The van der Waals surface area contributed by atoms with Crippen LogP contribution in [0, 0.1) is 5.82 Å². The van der Waals surface area contributed by atoms with E-state index in [0.717, 1.165) is 22.0 Å². The summed E-state index contributed by atoms with van der Waals surface area (Å²) in [6.07, 6.45) is 0. The van der Waals surface area contributed by atoms with E-state index < -0.39 is 0 Å². The van der Waals surface area contributed by atoms with E-state index >= 15 is 0 Å². The Bertz CT molecular complexity index is 583. The first-order chi connectivity index (χ1) is 9.67. The zero-order valence-corrected chi connectivity index (χ0v) is 12.0. The van der Waals surface area contributed by atoms with Crippen LogP contribution in [0.15, 0.2) is 65.7 Å². The summed E-state index contributed by atoms with van der Waals surface area (Å²) in [7, 11) is 1.64. The summed E-state index contributed by atoms with van der Waals surface area (Å²) in [5, 5.41) is 3.21. The van der Waals surface area contributed by atoms with Gasteiger partial charge in [0, 0.05) is 22.0 Å². The van der Waals surface area contributed by atoms with Crippen molar-refractivity contribution >= 4 is 17.4 Å². The molecule has 0 saturated heterocycles. The summed E-state index contributed by atoms with van der Waals surface area (Å²) in [6.45, 7) is 3.97. The van der Waals surface area contributed by atoms with Gasteiger partial charge in [-0.1, -0.05) is 12.6 Å². The number of hydrogen-bond acceptors (Lipinski definition) is 3. The van der Waals surface area contributed by atoms with Crippen molar-refractivity contribution in [1.82, 2.24) is 0 Å². The van der Waals surface area contributed by atoms with E-state index in [1.807, 2.05) is 30.3 Å². The Morgan fingerprint density at radius 1 is 1.25 bits per heavy atom. The van der Waals surface area contributed by atoms with Crippen LogP contribution in [0.2, 0.25) is 0 Å². The third-order valence-electron chi connectivity index (χ3n) is 2.62. The molecule has 2 rings (SSSR count). The van der Waals surface area contributed by atoms with Gasteiger partial charge >= 0.3 is 0 Å². The molecule has 0 aliphatic rings. The molecule has 0 spiro atoms. The summed E-state index contributed by atoms with van der Waals surface area (Å²) in [4.78, 5) is 0.891. The van der Waals surface area contributed by atoms with E-state index in [-0.39, 0.29) is 5.82 Å². The minimum atomic E-state index is -0.219. The highest BCUT2D eigenvalue weighted by atomic mass is 32.2. The number of anilines is 1. The number of rotatable bonds is 6. The Morgan fingerprint density at radius 3 is 2.65 bits per heavy atom. The number of methoxy groups -OCH3 is 1. The van der Waals surface area contributed by atoms with Crippen molar-refractivity contribution in [2.24, 2.45) is 0 Å². The maximum Gasteiger partial charge on any atom is 0.124 e. The molecule has 0 amide bonds. The number of thioether (sulfide) groups is 1. The van der Waals surface area contributed by atoms with Gasteiger partial charge in [0.25, 0.3) is 0 Å². The standard InChI is InChI=1S/C16H16FNOS/c1-12(11-20-16-5-3-4-13(17)10-16)18-14-6-8-15(19-2)9-7-14/h3-10,18H,1,11H2,2H3. The van der Waals surface area contributed by atoms with Crippen molar-refractivity contribution in [3.05, 3.63) is 66.6 Å². The molecule has 4 heteroatoms. The zero-order valence-electron chi connectivity index (χ0n) is 11.2. The fourth-order valence-corrected chi connectivity index (χ4v) is 2.43. The Labute approximate surface area is 122 Å². The van der Waals surface area contributed by atoms with Crippen molar-refractivity contribution in [3.8, 4) is 5.75 Å². The van der Waals surface area contributed by atoms with E-state index in [1.54, 1.807) is 24.9 Å². The van der Waals surface area contributed by atoms with Crippen molar-refractivity contribution in [2.45, 2.75) is 4.90 Å². The third-order valence-corrected chi connectivity index (χ3v) is 3.70. The average molecular weight is 289 g/mol. The van der Waals surface area contributed by atoms with Crippen molar-refractivity contribution in [1.29, 1.82) is 0 Å². The van der Waals surface area contributed by atoms with Gasteiger partial charge in [0.1, 0.15) is 11.6 Å². The molecule has 104 valence electrons. The van der Waals surface area contributed by atoms with Gasteiger partial charge in [-0.2, -0.15) is 0 Å². The van der Waals surface area contributed by atoms with E-state index in [2.05, 4.69) is 11.9 Å². The maximum absolute atomic E-state index is 13.0. The van der Waals surface area contributed by atoms with E-state index in [9.17, 15) is 4.39 Å². The molecule has 1 N–H and O–H groups in total. The highest BCUT2D eigenvalue weighted by molar-refractivity contribution is 7.99. The Morgan fingerprint density at radius 2 is 2.00 bits per heavy atom. The molecule has 0 unspecified atom stereocenters. The molecule has 0 aliphatic heterocycles. The molecule has 0 bridgehead atoms. The molecule has 0 atom stereocenters. The highest BCUT2D eigenvalue weighted by Gasteiger charge is 2.00. The molecule has 2 aromatic rings. The smallest absolute Gasteiger partial charge is 0.124 e. The van der Waals surface area contributed by atoms with E-state index in [4.69, 9.17) is 4.74 Å². The second-order valence-corrected chi connectivity index (χ2v) is 5.25. The SMILES string of the molecule is C=C(CSc1cccc(F)c1)Nc1ccc(OC)cc1. The lowest BCUT2D eigenvalue weighted by Crippen LogP contribution is -2.00. The van der Waals surface area contributed by atoms with Crippen molar-refractivity contribution < 1.29 is 9.13 Å². The quantitative estimate of drug-likeness (QED) is 0.788. The Hall–Kier alpha value is -1.94. The van der Waals surface area contributed by atoms with Gasteiger partial charge in [-0.05, 0) is 42.5 Å². The molecule has 0 aliphatic carbocycles. The van der Waals surface area contributed by atoms with Crippen LogP contribution in [0.5, 0.6) is 5.75 Å². The monoisotopic (exact) mass is 289 g/mol. The van der Waals surface area contributed by atoms with Gasteiger partial charge in [0.2, 0.25) is 0 Å². The molecular weight excluding hydrogens is 273 g/mol. The Balaban J connectivity index is 1.85. The molecule has 2 nitrogen and oxygen atoms in total. The average Bonchev–Trinajstić information content (AvgIpc) is 2.46. The predicted molar refractivity (Wildman–Crippen MR) is 82.9 cm³/mol. The van der Waals surface area contributed by atoms with Crippen LogP contribution in [-0.2, 0) is 0 Å². The first-order valence-corrected chi connectivity index (χ1v) is 7.13. The van der Waals surface area contributed by atoms with Crippen LogP contribution in [0.4, 0.5) is 10.1 Å². The fraction of sp³-hybridized carbons (Fsp3) is 0.125. The maximum atomic E-state index is 13.0. The molecule has 0 heterocycles. The molecule has 20 heavy (non-hydrogen) atoms. The lowest BCUT2D eigenvalue weighted by atomic mass is 10.3. The molecule has 0 radical (unpaired) electrons. The molecule has 0 fully saturated rings. The third kappa shape index (κ3) is 4.31. The number of hydrogen-bond donors (Lipinski definition) is 1. The second-order valence-electron chi connectivity index (χ2n) is 4.20. The number of nitrogens with one attached hydrogen (secondary N) is 1. The van der Waals surface area contributed by atoms with Crippen LogP contribution < -0.4 is 10.1 Å². The minimum Gasteiger partial charge on any atom is -0.497 e. The van der Waals surface area contributed by atoms with E-state index in [1.165, 1.54) is 12.1 Å². The molecule has 0 saturated carbocycles. The molecule has 2 aromatic carbocycles. The van der Waals surface area contributed by atoms with Crippen LogP contribution in [0.1, 0.15) is 0 Å². The lowest BCUT2D eigenvalue weighted by Gasteiger charge is -2.10. The summed E-state index contributed by atoms with van der Waals surface area (Å²) < 4.78 is 18.1. The topological polar surface area (TPSA) is 21.3 Å². The fourth-order valence-electron chi connectivity index (χ4n) is 1.64. The first-order valence-electron chi connectivity index (χ1n) is 6.14. The Kier molecular flexibility index (Phi) is 5.07. The van der Waals surface area contributed by atoms with Crippen LogP contribution in [0.25, 0.3) is 0 Å². The highest BCUT2D eigenvalue weighted by Crippen LogP contribution is 2.22. The largest absolute Gasteiger partial charge is 0.497 e. The van der Waals surface area contributed by atoms with Crippen LogP contribution in [0.3, 0.4) is 0 Å². The lowest BCUT2D eigenvalue weighted by molar-refractivity contribution is 0.415. The summed E-state index contributed by atoms with van der Waals surface area (Å²) in [5.74, 6) is 1.27. The predicted octanol–water partition coefficient (Wildman–Crippen LogP) is 4.55. The van der Waals surface area contributed by atoms with Gasteiger partial charge in [0.05, 0.1) is 7.11 Å². The summed E-state index contributed by atoms with van der Waals surface area (Å²) in [6, 6.07) is 14.2. The normalized spacial score (nSPS) is 10.1. The summed E-state index contributed by atoms with van der Waals surface area (Å²) >= 11 is 1.54. The van der Waals surface area contributed by atoms with Crippen LogP contribution >= 0.6 is 11.8 Å². The van der Waals surface area contributed by atoms with Crippen LogP contribution in [-0.4, -0.2) is 12.9 Å². The van der Waals surface area contributed by atoms with Gasteiger partial charge in [-0.15, -0.1) is 11.8 Å². The second kappa shape index (κ2) is 7.01. The minimum absolute atomic E-state index is 0.219. The number of benzene rings is 2. The van der Waals surface area contributed by atoms with Crippen molar-refractivity contribution in [2.75, 3.05) is 18.2 Å². The van der Waals surface area contributed by atoms with Gasteiger partial charge < -0.3 is 10.1 Å². The van der Waals surface area contributed by atoms with Crippen molar-refractivity contribution in [3.63, 3.8) is 0 Å². The van der Waals surface area contributed by atoms with Gasteiger partial charge in [-0.25, -0.2) is 4.39 Å². The zero-order chi connectivity index (χ0) is 14.4.